The maximum atomic E-state index is 9.34. The molecule has 0 bridgehead atoms. The fourth-order valence-electron chi connectivity index (χ4n) is 3.95. The van der Waals surface area contributed by atoms with Gasteiger partial charge >= 0.3 is 0 Å². The van der Waals surface area contributed by atoms with Crippen molar-refractivity contribution in [3.63, 3.8) is 0 Å². The normalized spacial score (nSPS) is 18.8. The molecule has 0 radical (unpaired) electrons. The number of rotatable bonds is 6. The van der Waals surface area contributed by atoms with E-state index < -0.39 is 0 Å². The van der Waals surface area contributed by atoms with E-state index in [4.69, 9.17) is 14.5 Å². The number of hydrogen-bond acceptors (Lipinski definition) is 8. The summed E-state index contributed by atoms with van der Waals surface area (Å²) < 4.78 is 12.7. The van der Waals surface area contributed by atoms with Crippen molar-refractivity contribution in [2.45, 2.75) is 25.6 Å². The molecule has 2 aromatic carbocycles. The average Bonchev–Trinajstić information content (AvgIpc) is 3.28. The molecule has 7 nitrogen and oxygen atoms in total. The minimum absolute atomic E-state index is 0.168. The summed E-state index contributed by atoms with van der Waals surface area (Å²) in [6, 6.07) is 19.1. The number of aromatic nitrogens is 1. The Morgan fingerprint density at radius 3 is 2.67 bits per heavy atom. The Morgan fingerprint density at radius 1 is 1.09 bits per heavy atom. The number of benzene rings is 2. The summed E-state index contributed by atoms with van der Waals surface area (Å²) in [5, 5.41) is 10.1. The molecule has 1 saturated heterocycles. The van der Waals surface area contributed by atoms with E-state index in [0.717, 1.165) is 53.8 Å². The van der Waals surface area contributed by atoms with Gasteiger partial charge in [-0.3, -0.25) is 9.80 Å². The van der Waals surface area contributed by atoms with Crippen molar-refractivity contribution in [2.24, 2.45) is 4.99 Å². The van der Waals surface area contributed by atoms with Gasteiger partial charge in [0.15, 0.2) is 5.13 Å². The van der Waals surface area contributed by atoms with E-state index >= 15 is 0 Å². The molecule has 2 aliphatic heterocycles. The Bertz CT molecular complexity index is 1160. The first-order chi connectivity index (χ1) is 16.3. The maximum absolute atomic E-state index is 9.34. The maximum Gasteiger partial charge on any atom is 0.299 e. The predicted octanol–water partition coefficient (Wildman–Crippen LogP) is 4.32. The smallest absolute Gasteiger partial charge is 0.299 e. The van der Waals surface area contributed by atoms with Crippen LogP contribution in [0.25, 0.3) is 10.2 Å². The minimum Gasteiger partial charge on any atom is -0.460 e. The van der Waals surface area contributed by atoms with Crippen molar-refractivity contribution in [1.29, 1.82) is 5.26 Å². The van der Waals surface area contributed by atoms with Crippen LogP contribution < -0.4 is 4.90 Å². The molecule has 0 N–H and O–H groups in total. The van der Waals surface area contributed by atoms with Crippen molar-refractivity contribution < 1.29 is 9.47 Å². The van der Waals surface area contributed by atoms with Gasteiger partial charge in [0, 0.05) is 25.8 Å². The molecule has 0 amide bonds. The van der Waals surface area contributed by atoms with E-state index in [1.807, 2.05) is 35.2 Å². The molecule has 0 saturated carbocycles. The second kappa shape index (κ2) is 10.1. The fraction of sp³-hybridized carbons (Fsp3) is 0.320. The number of thiazole rings is 1. The van der Waals surface area contributed by atoms with Crippen molar-refractivity contribution in [2.75, 3.05) is 31.2 Å². The molecule has 0 aliphatic carbocycles. The van der Waals surface area contributed by atoms with Gasteiger partial charge in [0.05, 0.1) is 42.0 Å². The number of aliphatic imine (C=N–C) groups is 1. The van der Waals surface area contributed by atoms with Crippen LogP contribution in [0.2, 0.25) is 0 Å². The molecule has 3 heterocycles. The number of fused-ring (bicyclic) bond motifs is 1. The number of amidine groups is 1. The van der Waals surface area contributed by atoms with Gasteiger partial charge < -0.3 is 9.47 Å². The third-order valence-corrected chi connectivity index (χ3v) is 6.76. The Morgan fingerprint density at radius 2 is 1.88 bits per heavy atom. The summed E-state index contributed by atoms with van der Waals surface area (Å²) in [5.41, 5.74) is 3.28. The highest BCUT2D eigenvalue weighted by Crippen LogP contribution is 2.32. The van der Waals surface area contributed by atoms with Crippen molar-refractivity contribution in [3.8, 4) is 6.07 Å². The highest BCUT2D eigenvalue weighted by atomic mass is 32.1. The zero-order valence-electron chi connectivity index (χ0n) is 18.3. The summed E-state index contributed by atoms with van der Waals surface area (Å²) in [5.74, 6) is 0. The number of anilines is 1. The second-order valence-corrected chi connectivity index (χ2v) is 9.02. The van der Waals surface area contributed by atoms with E-state index in [1.54, 1.807) is 17.5 Å². The second-order valence-electron chi connectivity index (χ2n) is 8.01. The lowest BCUT2D eigenvalue weighted by atomic mass is 10.1. The monoisotopic (exact) mass is 459 g/mol. The van der Waals surface area contributed by atoms with E-state index in [-0.39, 0.29) is 6.04 Å². The summed E-state index contributed by atoms with van der Waals surface area (Å²) in [6.07, 6.45) is 3.96. The lowest BCUT2D eigenvalue weighted by Gasteiger charge is -2.30. The molecule has 1 fully saturated rings. The topological polar surface area (TPSA) is 74.0 Å². The molecule has 0 spiro atoms. The summed E-state index contributed by atoms with van der Waals surface area (Å²) in [6.45, 7) is 4.89. The predicted molar refractivity (Wildman–Crippen MR) is 130 cm³/mol. The molecular weight excluding hydrogens is 434 g/mol. The first-order valence-electron chi connectivity index (χ1n) is 11.1. The molecule has 5 rings (SSSR count). The van der Waals surface area contributed by atoms with Crippen LogP contribution >= 0.6 is 11.3 Å². The van der Waals surface area contributed by atoms with Gasteiger partial charge in [0.2, 0.25) is 0 Å². The Balaban J connectivity index is 1.29. The van der Waals surface area contributed by atoms with E-state index in [1.165, 1.54) is 5.56 Å². The van der Waals surface area contributed by atoms with Gasteiger partial charge in [-0.2, -0.15) is 5.26 Å². The van der Waals surface area contributed by atoms with Crippen LogP contribution in [0.4, 0.5) is 5.13 Å². The molecule has 33 heavy (non-hydrogen) atoms. The van der Waals surface area contributed by atoms with Gasteiger partial charge in [-0.05, 0) is 29.3 Å². The fourth-order valence-corrected chi connectivity index (χ4v) is 4.97. The molecule has 3 aromatic rings. The summed E-state index contributed by atoms with van der Waals surface area (Å²) >= 11 is 1.57. The van der Waals surface area contributed by atoms with Crippen LogP contribution in [-0.4, -0.2) is 48.3 Å². The molecule has 2 aliphatic rings. The molecule has 1 atom stereocenters. The zero-order chi connectivity index (χ0) is 22.5. The number of nitrogens with zero attached hydrogens (tertiary/aromatic N) is 5. The van der Waals surface area contributed by atoms with Gasteiger partial charge in [-0.15, -0.1) is 0 Å². The van der Waals surface area contributed by atoms with Crippen LogP contribution in [0.3, 0.4) is 0 Å². The number of morpholine rings is 1. The van der Waals surface area contributed by atoms with E-state index in [0.29, 0.717) is 19.0 Å². The van der Waals surface area contributed by atoms with Crippen LogP contribution in [0.5, 0.6) is 0 Å². The zero-order valence-corrected chi connectivity index (χ0v) is 19.1. The van der Waals surface area contributed by atoms with Crippen LogP contribution in [0, 0.1) is 11.3 Å². The third kappa shape index (κ3) is 5.06. The Labute approximate surface area is 197 Å². The van der Waals surface area contributed by atoms with Crippen molar-refractivity contribution >= 4 is 32.7 Å². The summed E-state index contributed by atoms with van der Waals surface area (Å²) in [7, 11) is 0. The van der Waals surface area contributed by atoms with Gasteiger partial charge in [-0.25, -0.2) is 9.98 Å². The molecule has 8 heteroatoms. The molecule has 168 valence electrons. The Hall–Kier alpha value is -3.25. The molecule has 1 unspecified atom stereocenters. The van der Waals surface area contributed by atoms with E-state index in [2.05, 4.69) is 40.2 Å². The number of hydrogen-bond donors (Lipinski definition) is 0. The largest absolute Gasteiger partial charge is 0.460 e. The quantitative estimate of drug-likeness (QED) is 0.547. The first kappa shape index (κ1) is 21.6. The standard InChI is InChI=1S/C25H25N5O2S/c26-11-9-21-10-12-27-24(30(21)25-28-22-3-1-2-4-23(22)33-25)32-18-20-7-5-19(6-8-20)17-29-13-15-31-16-14-29/h1-8,10,12,21H,9,13-18H2. The van der Waals surface area contributed by atoms with Gasteiger partial charge in [-0.1, -0.05) is 47.7 Å². The number of nitriles is 1. The van der Waals surface area contributed by atoms with Gasteiger partial charge in [0.1, 0.15) is 6.61 Å². The highest BCUT2D eigenvalue weighted by Gasteiger charge is 2.28. The van der Waals surface area contributed by atoms with Crippen LogP contribution in [-0.2, 0) is 22.6 Å². The van der Waals surface area contributed by atoms with Gasteiger partial charge in [0.25, 0.3) is 6.02 Å². The summed E-state index contributed by atoms with van der Waals surface area (Å²) in [4.78, 5) is 13.6. The first-order valence-corrected chi connectivity index (χ1v) is 11.9. The highest BCUT2D eigenvalue weighted by molar-refractivity contribution is 7.22. The molecule has 1 aromatic heterocycles. The van der Waals surface area contributed by atoms with Crippen molar-refractivity contribution in [3.05, 3.63) is 71.9 Å². The van der Waals surface area contributed by atoms with Crippen LogP contribution in [0.15, 0.2) is 65.8 Å². The number of ether oxygens (including phenoxy) is 2. The minimum atomic E-state index is -0.168. The Kier molecular flexibility index (Phi) is 6.63. The molecular formula is C25H25N5O2S. The van der Waals surface area contributed by atoms with E-state index in [9.17, 15) is 5.26 Å². The van der Waals surface area contributed by atoms with Crippen molar-refractivity contribution in [1.82, 2.24) is 9.88 Å². The lowest BCUT2D eigenvalue weighted by molar-refractivity contribution is 0.0342. The average molecular weight is 460 g/mol. The number of para-hydroxylation sites is 1. The lowest BCUT2D eigenvalue weighted by Crippen LogP contribution is -2.42. The third-order valence-electron chi connectivity index (χ3n) is 5.72. The SMILES string of the molecule is N#CCC1C=CN=C(OCc2ccc(CN3CCOCC3)cc2)N1c1nc2ccccc2s1. The van der Waals surface area contributed by atoms with Crippen LogP contribution in [0.1, 0.15) is 17.5 Å².